The number of halogens is 1. The predicted octanol–water partition coefficient (Wildman–Crippen LogP) is 2.86. The van der Waals surface area contributed by atoms with Crippen molar-refractivity contribution < 1.29 is 9.90 Å². The Hall–Kier alpha value is -1.33. The van der Waals surface area contributed by atoms with Crippen LogP contribution in [0.25, 0.3) is 0 Å². The number of nitrogens with one attached hydrogen (secondary N) is 1. The van der Waals surface area contributed by atoms with Crippen LogP contribution in [0, 0.1) is 5.41 Å². The molecule has 2 heterocycles. The molecule has 0 spiro atoms. The number of aliphatic hydroxyl groups excluding tert-OH is 1. The van der Waals surface area contributed by atoms with Gasteiger partial charge in [-0.15, -0.1) is 0 Å². The minimum Gasteiger partial charge on any atom is -0.396 e. The molecule has 0 saturated carbocycles. The maximum Gasteiger partial charge on any atom is 0.251 e. The first kappa shape index (κ1) is 18.0. The maximum absolute atomic E-state index is 12.5. The number of amides is 1. The third-order valence-electron chi connectivity index (χ3n) is 4.93. The van der Waals surface area contributed by atoms with Crippen LogP contribution >= 0.6 is 11.6 Å². The van der Waals surface area contributed by atoms with Gasteiger partial charge in [0.25, 0.3) is 5.91 Å². The van der Waals surface area contributed by atoms with E-state index >= 15 is 0 Å². The summed E-state index contributed by atoms with van der Waals surface area (Å²) in [7, 11) is 0. The first-order valence-corrected chi connectivity index (χ1v) is 8.73. The van der Waals surface area contributed by atoms with Gasteiger partial charge in [-0.05, 0) is 37.8 Å². The molecule has 0 radical (unpaired) electrons. The summed E-state index contributed by atoms with van der Waals surface area (Å²) in [4.78, 5) is 18.9. The Balaban J connectivity index is 2.09. The van der Waals surface area contributed by atoms with E-state index in [0.717, 1.165) is 44.6 Å². The van der Waals surface area contributed by atoms with Gasteiger partial charge in [0.05, 0.1) is 6.61 Å². The van der Waals surface area contributed by atoms with Gasteiger partial charge >= 0.3 is 0 Å². The second kappa shape index (κ2) is 7.97. The number of hydrogen-bond donors (Lipinski definition) is 2. The van der Waals surface area contributed by atoms with Crippen molar-refractivity contribution in [3.05, 3.63) is 22.8 Å². The normalized spacial score (nSPS) is 15.0. The lowest BCUT2D eigenvalue weighted by Gasteiger charge is -2.29. The van der Waals surface area contributed by atoms with Crippen LogP contribution in [0.5, 0.6) is 0 Å². The van der Waals surface area contributed by atoms with Crippen LogP contribution in [0.1, 0.15) is 49.9 Å². The smallest absolute Gasteiger partial charge is 0.251 e. The number of carbonyl (C=O) groups is 1. The van der Waals surface area contributed by atoms with Crippen molar-refractivity contribution >= 4 is 23.3 Å². The highest BCUT2D eigenvalue weighted by molar-refractivity contribution is 6.29. The minimum absolute atomic E-state index is 0.0659. The predicted molar refractivity (Wildman–Crippen MR) is 93.1 cm³/mol. The number of nitrogens with zero attached hydrogens (tertiary/aromatic N) is 2. The molecule has 0 aromatic carbocycles. The second-order valence-corrected chi connectivity index (χ2v) is 6.67. The molecule has 1 aromatic heterocycles. The topological polar surface area (TPSA) is 65.5 Å². The highest BCUT2D eigenvalue weighted by Crippen LogP contribution is 2.25. The summed E-state index contributed by atoms with van der Waals surface area (Å²) in [5.41, 5.74) is 0.260. The summed E-state index contributed by atoms with van der Waals surface area (Å²) in [6, 6.07) is 3.39. The average molecular weight is 340 g/mol. The Bertz CT molecular complexity index is 532. The number of hydrogen-bond acceptors (Lipinski definition) is 4. The summed E-state index contributed by atoms with van der Waals surface area (Å²) in [6.45, 7) is 6.48. The van der Waals surface area contributed by atoms with Gasteiger partial charge in [0.15, 0.2) is 0 Å². The van der Waals surface area contributed by atoms with Crippen LogP contribution in [0.3, 0.4) is 0 Å². The fourth-order valence-electron chi connectivity index (χ4n) is 2.87. The molecule has 2 rings (SSSR count). The molecule has 5 nitrogen and oxygen atoms in total. The molecule has 1 fully saturated rings. The lowest BCUT2D eigenvalue weighted by Crippen LogP contribution is -2.39. The monoisotopic (exact) mass is 339 g/mol. The number of rotatable bonds is 7. The molecule has 23 heavy (non-hydrogen) atoms. The lowest BCUT2D eigenvalue weighted by atomic mass is 9.83. The zero-order valence-electron chi connectivity index (χ0n) is 13.9. The molecular formula is C17H26ClN3O2. The van der Waals surface area contributed by atoms with Crippen molar-refractivity contribution in [2.75, 3.05) is 31.1 Å². The lowest BCUT2D eigenvalue weighted by molar-refractivity contribution is 0.0851. The second-order valence-electron chi connectivity index (χ2n) is 6.28. The molecule has 1 aliphatic heterocycles. The van der Waals surface area contributed by atoms with E-state index in [1.165, 1.54) is 0 Å². The maximum atomic E-state index is 12.5. The van der Waals surface area contributed by atoms with Crippen molar-refractivity contribution in [1.82, 2.24) is 10.3 Å². The fraction of sp³-hybridized carbons (Fsp3) is 0.647. The van der Waals surface area contributed by atoms with Gasteiger partial charge in [-0.25, -0.2) is 4.98 Å². The highest BCUT2D eigenvalue weighted by atomic mass is 35.5. The molecule has 2 N–H and O–H groups in total. The number of anilines is 1. The number of aromatic nitrogens is 1. The van der Waals surface area contributed by atoms with Crippen LogP contribution in [0.2, 0.25) is 5.15 Å². The summed E-state index contributed by atoms with van der Waals surface area (Å²) in [6.07, 6.45) is 3.91. The third kappa shape index (κ3) is 4.36. The zero-order chi connectivity index (χ0) is 16.9. The molecule has 6 heteroatoms. The standard InChI is InChI=1S/C17H26ClN3O2/c1-3-17(4-2,12-22)11-19-16(23)13-9-14(18)20-15(10-13)21-7-5-6-8-21/h9-10,22H,3-8,11-12H2,1-2H3,(H,19,23). The Morgan fingerprint density at radius 1 is 1.35 bits per heavy atom. The molecule has 1 aliphatic rings. The van der Waals surface area contributed by atoms with Crippen molar-refractivity contribution in [3.63, 3.8) is 0 Å². The van der Waals surface area contributed by atoms with Gasteiger partial charge in [-0.1, -0.05) is 25.4 Å². The molecule has 1 saturated heterocycles. The van der Waals surface area contributed by atoms with Crippen molar-refractivity contribution in [2.45, 2.75) is 39.5 Å². The highest BCUT2D eigenvalue weighted by Gasteiger charge is 2.26. The van der Waals surface area contributed by atoms with Gasteiger partial charge in [0.1, 0.15) is 11.0 Å². The van der Waals surface area contributed by atoms with E-state index in [1.54, 1.807) is 12.1 Å². The summed E-state index contributed by atoms with van der Waals surface area (Å²) >= 11 is 6.09. The number of aliphatic hydroxyl groups is 1. The fourth-order valence-corrected chi connectivity index (χ4v) is 3.08. The third-order valence-corrected chi connectivity index (χ3v) is 5.13. The van der Waals surface area contributed by atoms with Crippen LogP contribution in [-0.4, -0.2) is 42.2 Å². The quantitative estimate of drug-likeness (QED) is 0.750. The Morgan fingerprint density at radius 2 is 2.00 bits per heavy atom. The van der Waals surface area contributed by atoms with Crippen molar-refractivity contribution in [1.29, 1.82) is 0 Å². The summed E-state index contributed by atoms with van der Waals surface area (Å²) in [5.74, 6) is 0.592. The average Bonchev–Trinajstić information content (AvgIpc) is 3.10. The molecule has 1 amide bonds. The Labute approximate surface area is 143 Å². The van der Waals surface area contributed by atoms with Gasteiger partial charge in [0, 0.05) is 30.6 Å². The van der Waals surface area contributed by atoms with E-state index in [2.05, 4.69) is 15.2 Å². The summed E-state index contributed by atoms with van der Waals surface area (Å²) in [5, 5.41) is 12.9. The molecule has 1 aromatic rings. The van der Waals surface area contributed by atoms with Gasteiger partial charge in [-0.2, -0.15) is 0 Å². The first-order chi connectivity index (χ1) is 11.0. The largest absolute Gasteiger partial charge is 0.396 e. The van der Waals surface area contributed by atoms with E-state index in [9.17, 15) is 9.90 Å². The summed E-state index contributed by atoms with van der Waals surface area (Å²) < 4.78 is 0. The van der Waals surface area contributed by atoms with E-state index < -0.39 is 0 Å². The SMILES string of the molecule is CCC(CC)(CO)CNC(=O)c1cc(Cl)nc(N2CCCC2)c1. The molecule has 0 bridgehead atoms. The van der Waals surface area contributed by atoms with Gasteiger partial charge in [0.2, 0.25) is 0 Å². The van der Waals surface area contributed by atoms with Gasteiger partial charge < -0.3 is 15.3 Å². The molecule has 0 unspecified atom stereocenters. The van der Waals surface area contributed by atoms with Crippen LogP contribution < -0.4 is 10.2 Å². The zero-order valence-corrected chi connectivity index (χ0v) is 14.7. The van der Waals surface area contributed by atoms with E-state index in [1.807, 2.05) is 13.8 Å². The van der Waals surface area contributed by atoms with Crippen LogP contribution in [0.15, 0.2) is 12.1 Å². The first-order valence-electron chi connectivity index (χ1n) is 8.35. The number of carbonyl (C=O) groups excluding carboxylic acids is 1. The Morgan fingerprint density at radius 3 is 2.57 bits per heavy atom. The number of pyridine rings is 1. The van der Waals surface area contributed by atoms with E-state index in [0.29, 0.717) is 17.3 Å². The molecule has 0 atom stereocenters. The molecule has 0 aliphatic carbocycles. The molecule has 128 valence electrons. The molecular weight excluding hydrogens is 314 g/mol. The van der Waals surface area contributed by atoms with Crippen molar-refractivity contribution in [2.24, 2.45) is 5.41 Å². The van der Waals surface area contributed by atoms with Crippen molar-refractivity contribution in [3.8, 4) is 0 Å². The van der Waals surface area contributed by atoms with Crippen LogP contribution in [0.4, 0.5) is 5.82 Å². The van der Waals surface area contributed by atoms with E-state index in [4.69, 9.17) is 11.6 Å². The minimum atomic E-state index is -0.260. The van der Waals surface area contributed by atoms with Crippen LogP contribution in [-0.2, 0) is 0 Å². The Kier molecular flexibility index (Phi) is 6.25. The van der Waals surface area contributed by atoms with E-state index in [-0.39, 0.29) is 17.9 Å². The van der Waals surface area contributed by atoms with Gasteiger partial charge in [-0.3, -0.25) is 4.79 Å².